The van der Waals surface area contributed by atoms with E-state index in [1.807, 2.05) is 24.3 Å². The summed E-state index contributed by atoms with van der Waals surface area (Å²) in [5.74, 6) is 0.565. The van der Waals surface area contributed by atoms with Crippen LogP contribution in [0, 0.1) is 5.92 Å². The van der Waals surface area contributed by atoms with E-state index in [4.69, 9.17) is 19.0 Å². The Balaban J connectivity index is 1.65. The van der Waals surface area contributed by atoms with E-state index >= 15 is 0 Å². The van der Waals surface area contributed by atoms with Crippen LogP contribution in [0.5, 0.6) is 5.75 Å². The van der Waals surface area contributed by atoms with Crippen molar-refractivity contribution in [2.45, 2.75) is 24.6 Å². The van der Waals surface area contributed by atoms with Crippen molar-refractivity contribution in [2.75, 3.05) is 13.7 Å². The SMILES string of the molecule is COc1ccc(C2=NO[C@H]3[C@H]2[C@H](O)[C@H]2OC[C@H]3O2)cc1. The summed E-state index contributed by atoms with van der Waals surface area (Å²) in [6, 6.07) is 7.55. The van der Waals surface area contributed by atoms with Crippen molar-refractivity contribution in [3.63, 3.8) is 0 Å². The first kappa shape index (κ1) is 12.1. The van der Waals surface area contributed by atoms with Gasteiger partial charge in [-0.15, -0.1) is 0 Å². The first-order chi connectivity index (χ1) is 9.78. The lowest BCUT2D eigenvalue weighted by atomic mass is 9.84. The summed E-state index contributed by atoms with van der Waals surface area (Å²) < 4.78 is 16.1. The number of nitrogens with zero attached hydrogens (tertiary/aromatic N) is 1. The molecule has 0 radical (unpaired) electrons. The molecule has 6 nitrogen and oxygen atoms in total. The van der Waals surface area contributed by atoms with E-state index in [0.29, 0.717) is 6.61 Å². The molecule has 3 aliphatic rings. The molecule has 6 heteroatoms. The molecule has 1 N–H and O–H groups in total. The lowest BCUT2D eigenvalue weighted by molar-refractivity contribution is -0.197. The number of hydrogen-bond donors (Lipinski definition) is 1. The third-order valence-corrected chi connectivity index (χ3v) is 4.08. The Labute approximate surface area is 115 Å². The van der Waals surface area contributed by atoms with Crippen LogP contribution in [0.3, 0.4) is 0 Å². The van der Waals surface area contributed by atoms with Gasteiger partial charge in [0.25, 0.3) is 0 Å². The molecule has 0 amide bonds. The van der Waals surface area contributed by atoms with Gasteiger partial charge in [0, 0.05) is 5.56 Å². The molecule has 20 heavy (non-hydrogen) atoms. The quantitative estimate of drug-likeness (QED) is 0.854. The highest BCUT2D eigenvalue weighted by Gasteiger charge is 2.56. The van der Waals surface area contributed by atoms with Gasteiger partial charge in [0.1, 0.15) is 18.0 Å². The zero-order valence-electron chi connectivity index (χ0n) is 10.9. The van der Waals surface area contributed by atoms with Crippen LogP contribution in [-0.2, 0) is 14.3 Å². The van der Waals surface area contributed by atoms with Gasteiger partial charge in [-0.05, 0) is 24.3 Å². The minimum atomic E-state index is -0.762. The molecule has 0 spiro atoms. The number of aliphatic hydroxyl groups excluding tert-OH is 1. The van der Waals surface area contributed by atoms with Crippen molar-refractivity contribution >= 4 is 5.71 Å². The van der Waals surface area contributed by atoms with E-state index in [9.17, 15) is 5.11 Å². The van der Waals surface area contributed by atoms with Gasteiger partial charge in [0.2, 0.25) is 0 Å². The second kappa shape index (κ2) is 4.44. The maximum Gasteiger partial charge on any atom is 0.184 e. The number of oxime groups is 1. The largest absolute Gasteiger partial charge is 0.497 e. The van der Waals surface area contributed by atoms with Crippen molar-refractivity contribution < 1.29 is 24.2 Å². The number of fused-ring (bicyclic) bond motifs is 4. The topological polar surface area (TPSA) is 69.5 Å². The molecule has 0 saturated carbocycles. The normalized spacial score (nSPS) is 38.1. The Morgan fingerprint density at radius 3 is 2.85 bits per heavy atom. The van der Waals surface area contributed by atoms with Crippen LogP contribution in [0.25, 0.3) is 0 Å². The lowest BCUT2D eigenvalue weighted by Crippen LogP contribution is -2.51. The Morgan fingerprint density at radius 1 is 1.30 bits per heavy atom. The molecule has 106 valence electrons. The fourth-order valence-corrected chi connectivity index (χ4v) is 3.02. The Kier molecular flexibility index (Phi) is 2.70. The van der Waals surface area contributed by atoms with Crippen LogP contribution in [0.15, 0.2) is 29.4 Å². The maximum atomic E-state index is 10.4. The Hall–Kier alpha value is -1.63. The molecule has 4 rings (SSSR count). The zero-order valence-corrected chi connectivity index (χ0v) is 10.9. The second-order valence-electron chi connectivity index (χ2n) is 5.17. The summed E-state index contributed by atoms with van der Waals surface area (Å²) in [5, 5.41) is 14.5. The van der Waals surface area contributed by atoms with E-state index in [-0.39, 0.29) is 18.1 Å². The fourth-order valence-electron chi connectivity index (χ4n) is 3.02. The highest BCUT2D eigenvalue weighted by Crippen LogP contribution is 2.39. The summed E-state index contributed by atoms with van der Waals surface area (Å²) in [6.07, 6.45) is -1.78. The van der Waals surface area contributed by atoms with Gasteiger partial charge in [0.15, 0.2) is 12.4 Å². The van der Waals surface area contributed by atoms with Crippen LogP contribution < -0.4 is 4.74 Å². The van der Waals surface area contributed by atoms with Crippen LogP contribution >= 0.6 is 0 Å². The van der Waals surface area contributed by atoms with Crippen molar-refractivity contribution in [1.82, 2.24) is 0 Å². The number of methoxy groups -OCH3 is 1. The smallest absolute Gasteiger partial charge is 0.184 e. The third-order valence-electron chi connectivity index (χ3n) is 4.08. The minimum absolute atomic E-state index is 0.159. The molecule has 2 fully saturated rings. The highest BCUT2D eigenvalue weighted by molar-refractivity contribution is 6.03. The van der Waals surface area contributed by atoms with E-state index in [1.54, 1.807) is 7.11 Å². The van der Waals surface area contributed by atoms with E-state index in [1.165, 1.54) is 0 Å². The monoisotopic (exact) mass is 277 g/mol. The standard InChI is InChI=1S/C14H15NO5/c1-17-8-4-2-7(3-5-8)11-10-12(16)14-18-6-9(19-14)13(10)20-15-11/h2-5,9-10,12-14,16H,6H2,1H3/t9-,10-,12+,13-,14+/m1/s1. The van der Waals surface area contributed by atoms with Crippen LogP contribution in [0.1, 0.15) is 5.56 Å². The summed E-state index contributed by atoms with van der Waals surface area (Å²) in [4.78, 5) is 5.47. The van der Waals surface area contributed by atoms with Gasteiger partial charge in [-0.3, -0.25) is 0 Å². The molecule has 0 aliphatic carbocycles. The maximum absolute atomic E-state index is 10.4. The number of ether oxygens (including phenoxy) is 3. The molecule has 0 unspecified atom stereocenters. The second-order valence-corrected chi connectivity index (χ2v) is 5.17. The predicted octanol–water partition coefficient (Wildman–Crippen LogP) is 0.530. The Morgan fingerprint density at radius 2 is 2.10 bits per heavy atom. The summed E-state index contributed by atoms with van der Waals surface area (Å²) in [7, 11) is 1.62. The molecule has 3 heterocycles. The van der Waals surface area contributed by atoms with Crippen molar-refractivity contribution in [3.05, 3.63) is 29.8 Å². The average Bonchev–Trinajstić information content (AvgIpc) is 3.11. The predicted molar refractivity (Wildman–Crippen MR) is 68.5 cm³/mol. The molecule has 1 aromatic carbocycles. The van der Waals surface area contributed by atoms with Gasteiger partial charge < -0.3 is 24.2 Å². The molecule has 1 aromatic rings. The summed E-state index contributed by atoms with van der Waals surface area (Å²) in [6.45, 7) is 0.439. The zero-order chi connectivity index (χ0) is 13.7. The van der Waals surface area contributed by atoms with Crippen molar-refractivity contribution in [3.8, 4) is 5.75 Å². The first-order valence-corrected chi connectivity index (χ1v) is 6.61. The molecular formula is C14H15NO5. The summed E-state index contributed by atoms with van der Waals surface area (Å²) in [5.41, 5.74) is 1.66. The molecule has 5 atom stereocenters. The average molecular weight is 277 g/mol. The highest BCUT2D eigenvalue weighted by atomic mass is 16.8. The van der Waals surface area contributed by atoms with Gasteiger partial charge in [-0.1, -0.05) is 5.16 Å². The molecule has 3 aliphatic heterocycles. The molecule has 2 saturated heterocycles. The lowest BCUT2D eigenvalue weighted by Gasteiger charge is -2.32. The number of benzene rings is 1. The third kappa shape index (κ3) is 1.65. The summed E-state index contributed by atoms with van der Waals surface area (Å²) >= 11 is 0. The molecule has 0 aromatic heterocycles. The minimum Gasteiger partial charge on any atom is -0.497 e. The molecular weight excluding hydrogens is 262 g/mol. The van der Waals surface area contributed by atoms with Gasteiger partial charge >= 0.3 is 0 Å². The molecule has 2 bridgehead atoms. The van der Waals surface area contributed by atoms with E-state index in [0.717, 1.165) is 17.0 Å². The van der Waals surface area contributed by atoms with E-state index < -0.39 is 12.4 Å². The number of aliphatic hydroxyl groups is 1. The number of rotatable bonds is 2. The van der Waals surface area contributed by atoms with Crippen molar-refractivity contribution in [2.24, 2.45) is 11.1 Å². The van der Waals surface area contributed by atoms with E-state index in [2.05, 4.69) is 5.16 Å². The Bertz CT molecular complexity index is 543. The first-order valence-electron chi connectivity index (χ1n) is 6.61. The fraction of sp³-hybridized carbons (Fsp3) is 0.500. The number of hydrogen-bond acceptors (Lipinski definition) is 6. The van der Waals surface area contributed by atoms with Gasteiger partial charge in [-0.2, -0.15) is 0 Å². The van der Waals surface area contributed by atoms with Crippen molar-refractivity contribution in [1.29, 1.82) is 0 Å². The van der Waals surface area contributed by atoms with Gasteiger partial charge in [0.05, 0.1) is 25.3 Å². The van der Waals surface area contributed by atoms with Crippen LogP contribution in [0.4, 0.5) is 0 Å². The van der Waals surface area contributed by atoms with Crippen LogP contribution in [0.2, 0.25) is 0 Å². The van der Waals surface area contributed by atoms with Crippen LogP contribution in [-0.4, -0.2) is 49.1 Å². The van der Waals surface area contributed by atoms with Gasteiger partial charge in [-0.25, -0.2) is 0 Å².